The summed E-state index contributed by atoms with van der Waals surface area (Å²) in [5.41, 5.74) is 2.02. The Morgan fingerprint density at radius 1 is 1.12 bits per heavy atom. The zero-order valence-corrected chi connectivity index (χ0v) is 13.4. The van der Waals surface area contributed by atoms with E-state index in [1.807, 2.05) is 30.3 Å². The quantitative estimate of drug-likeness (QED) is 0.825. The predicted octanol–water partition coefficient (Wildman–Crippen LogP) is 2.00. The molecule has 0 unspecified atom stereocenters. The van der Waals surface area contributed by atoms with Crippen LogP contribution in [0.25, 0.3) is 0 Å². The van der Waals surface area contributed by atoms with Crippen molar-refractivity contribution in [3.8, 4) is 6.07 Å². The van der Waals surface area contributed by atoms with Crippen molar-refractivity contribution >= 4 is 11.9 Å². The lowest BCUT2D eigenvalue weighted by atomic mass is 10.0. The van der Waals surface area contributed by atoms with Gasteiger partial charge in [0, 0.05) is 6.42 Å². The van der Waals surface area contributed by atoms with Crippen molar-refractivity contribution in [2.45, 2.75) is 18.9 Å². The van der Waals surface area contributed by atoms with Crippen molar-refractivity contribution in [2.24, 2.45) is 0 Å². The average Bonchev–Trinajstić information content (AvgIpc) is 2.61. The second kappa shape index (κ2) is 8.49. The van der Waals surface area contributed by atoms with Crippen LogP contribution in [0.4, 0.5) is 0 Å². The van der Waals surface area contributed by atoms with E-state index in [-0.39, 0.29) is 18.7 Å². The van der Waals surface area contributed by atoms with Crippen LogP contribution in [0.15, 0.2) is 54.6 Å². The minimum atomic E-state index is -0.833. The van der Waals surface area contributed by atoms with Crippen LogP contribution in [0.3, 0.4) is 0 Å². The molecule has 2 aromatic rings. The first kappa shape index (κ1) is 17.2. The summed E-state index contributed by atoms with van der Waals surface area (Å²) in [4.78, 5) is 24.2. The van der Waals surface area contributed by atoms with Crippen LogP contribution in [0.2, 0.25) is 0 Å². The van der Waals surface area contributed by atoms with E-state index in [0.717, 1.165) is 5.56 Å². The molecule has 2 aromatic carbocycles. The zero-order valence-electron chi connectivity index (χ0n) is 13.4. The highest BCUT2D eigenvalue weighted by atomic mass is 16.5. The third-order valence-corrected chi connectivity index (χ3v) is 3.59. The van der Waals surface area contributed by atoms with Gasteiger partial charge in [0.15, 0.2) is 0 Å². The van der Waals surface area contributed by atoms with E-state index in [2.05, 4.69) is 11.4 Å². The summed E-state index contributed by atoms with van der Waals surface area (Å²) >= 11 is 0. The second-order valence-corrected chi connectivity index (χ2v) is 5.28. The maximum Gasteiger partial charge on any atom is 0.328 e. The van der Waals surface area contributed by atoms with Crippen molar-refractivity contribution in [3.63, 3.8) is 0 Å². The van der Waals surface area contributed by atoms with Gasteiger partial charge < -0.3 is 10.1 Å². The van der Waals surface area contributed by atoms with Gasteiger partial charge in [-0.25, -0.2) is 4.79 Å². The Hall–Kier alpha value is -3.13. The van der Waals surface area contributed by atoms with Gasteiger partial charge in [-0.3, -0.25) is 4.79 Å². The summed E-state index contributed by atoms with van der Waals surface area (Å²) in [6, 6.07) is 17.5. The van der Waals surface area contributed by atoms with Gasteiger partial charge in [-0.05, 0) is 17.2 Å². The number of amides is 1. The smallest absolute Gasteiger partial charge is 0.328 e. The molecule has 0 aliphatic heterocycles. The Labute approximate surface area is 140 Å². The van der Waals surface area contributed by atoms with E-state index in [1.54, 1.807) is 24.3 Å². The molecule has 0 fully saturated rings. The van der Waals surface area contributed by atoms with Crippen LogP contribution in [0.1, 0.15) is 16.7 Å². The molecule has 5 nitrogen and oxygen atoms in total. The Morgan fingerprint density at radius 3 is 2.46 bits per heavy atom. The van der Waals surface area contributed by atoms with Gasteiger partial charge in [-0.2, -0.15) is 5.26 Å². The maximum absolute atomic E-state index is 12.2. The molecule has 24 heavy (non-hydrogen) atoms. The highest BCUT2D eigenvalue weighted by Gasteiger charge is 2.23. The normalized spacial score (nSPS) is 11.2. The number of carbonyl (C=O) groups excluding carboxylic acids is 2. The summed E-state index contributed by atoms with van der Waals surface area (Å²) in [7, 11) is 1.27. The third-order valence-electron chi connectivity index (χ3n) is 3.59. The molecule has 1 atom stereocenters. The van der Waals surface area contributed by atoms with Gasteiger partial charge in [0.1, 0.15) is 6.04 Å². The first-order chi connectivity index (χ1) is 11.6. The number of methoxy groups -OCH3 is 1. The highest BCUT2D eigenvalue weighted by molar-refractivity contribution is 5.85. The summed E-state index contributed by atoms with van der Waals surface area (Å²) in [6.45, 7) is 0. The molecule has 0 aliphatic carbocycles. The van der Waals surface area contributed by atoms with Gasteiger partial charge in [0.25, 0.3) is 0 Å². The van der Waals surface area contributed by atoms with Crippen molar-refractivity contribution in [3.05, 3.63) is 71.3 Å². The SMILES string of the molecule is COC(=O)[C@@H](Cc1ccccc1C#N)NC(=O)Cc1ccccc1. The average molecular weight is 322 g/mol. The topological polar surface area (TPSA) is 79.2 Å². The van der Waals surface area contributed by atoms with Crippen LogP contribution in [-0.4, -0.2) is 25.0 Å². The fraction of sp³-hybridized carbons (Fsp3) is 0.211. The number of nitrogens with zero attached hydrogens (tertiary/aromatic N) is 1. The Bertz CT molecular complexity index is 751. The Balaban J connectivity index is 2.10. The number of nitriles is 1. The van der Waals surface area contributed by atoms with Crippen LogP contribution in [0.5, 0.6) is 0 Å². The van der Waals surface area contributed by atoms with E-state index >= 15 is 0 Å². The van der Waals surface area contributed by atoms with Gasteiger partial charge in [0.2, 0.25) is 5.91 Å². The third kappa shape index (κ3) is 4.68. The largest absolute Gasteiger partial charge is 0.467 e. The summed E-state index contributed by atoms with van der Waals surface area (Å²) in [6.07, 6.45) is 0.380. The van der Waals surface area contributed by atoms with Crippen LogP contribution >= 0.6 is 0 Å². The molecule has 0 spiro atoms. The molecule has 1 N–H and O–H groups in total. The lowest BCUT2D eigenvalue weighted by Gasteiger charge is -2.17. The number of rotatable bonds is 6. The molecule has 5 heteroatoms. The lowest BCUT2D eigenvalue weighted by molar-refractivity contribution is -0.145. The maximum atomic E-state index is 12.2. The molecule has 0 bridgehead atoms. The van der Waals surface area contributed by atoms with Crippen molar-refractivity contribution in [2.75, 3.05) is 7.11 Å². The highest BCUT2D eigenvalue weighted by Crippen LogP contribution is 2.11. The zero-order chi connectivity index (χ0) is 17.4. The molecular weight excluding hydrogens is 304 g/mol. The molecule has 122 valence electrons. The molecule has 2 rings (SSSR count). The molecule has 0 aromatic heterocycles. The summed E-state index contributed by atoms with van der Waals surface area (Å²) in [5.74, 6) is -0.810. The van der Waals surface area contributed by atoms with Crippen molar-refractivity contribution in [1.29, 1.82) is 5.26 Å². The molecular formula is C19H18N2O3. The number of esters is 1. The van der Waals surface area contributed by atoms with Gasteiger partial charge in [0.05, 0.1) is 25.2 Å². The number of carbonyl (C=O) groups is 2. The number of nitrogens with one attached hydrogen (secondary N) is 1. The monoisotopic (exact) mass is 322 g/mol. The van der Waals surface area contributed by atoms with E-state index in [0.29, 0.717) is 11.1 Å². The van der Waals surface area contributed by atoms with E-state index in [9.17, 15) is 9.59 Å². The van der Waals surface area contributed by atoms with E-state index < -0.39 is 12.0 Å². The molecule has 0 radical (unpaired) electrons. The van der Waals surface area contributed by atoms with Crippen LogP contribution in [-0.2, 0) is 27.2 Å². The Kier molecular flexibility index (Phi) is 6.09. The molecule has 0 aliphatic rings. The van der Waals surface area contributed by atoms with Crippen LogP contribution in [0, 0.1) is 11.3 Å². The number of hydrogen-bond acceptors (Lipinski definition) is 4. The number of benzene rings is 2. The van der Waals surface area contributed by atoms with Crippen molar-refractivity contribution < 1.29 is 14.3 Å². The summed E-state index contributed by atoms with van der Waals surface area (Å²) in [5, 5.41) is 11.8. The molecule has 1 amide bonds. The summed E-state index contributed by atoms with van der Waals surface area (Å²) < 4.78 is 4.77. The minimum Gasteiger partial charge on any atom is -0.467 e. The fourth-order valence-corrected chi connectivity index (χ4v) is 2.39. The number of ether oxygens (including phenoxy) is 1. The predicted molar refractivity (Wildman–Crippen MR) is 89.0 cm³/mol. The van der Waals surface area contributed by atoms with Crippen molar-refractivity contribution in [1.82, 2.24) is 5.32 Å². The van der Waals surface area contributed by atoms with E-state index in [1.165, 1.54) is 7.11 Å². The second-order valence-electron chi connectivity index (χ2n) is 5.28. The molecule has 0 heterocycles. The molecule has 0 saturated carbocycles. The Morgan fingerprint density at radius 2 is 1.79 bits per heavy atom. The standard InChI is InChI=1S/C19H18N2O3/c1-24-19(23)17(12-15-9-5-6-10-16(15)13-20)21-18(22)11-14-7-3-2-4-8-14/h2-10,17H,11-12H2,1H3,(H,21,22)/t17-/m1/s1. The van der Waals surface area contributed by atoms with Gasteiger partial charge in [-0.15, -0.1) is 0 Å². The minimum absolute atomic E-state index is 0.175. The van der Waals surface area contributed by atoms with Crippen LogP contribution < -0.4 is 5.32 Å². The first-order valence-corrected chi connectivity index (χ1v) is 7.53. The lowest BCUT2D eigenvalue weighted by Crippen LogP contribution is -2.43. The van der Waals surface area contributed by atoms with E-state index in [4.69, 9.17) is 10.00 Å². The number of hydrogen-bond donors (Lipinski definition) is 1. The molecule has 0 saturated heterocycles. The van der Waals surface area contributed by atoms with Gasteiger partial charge >= 0.3 is 5.97 Å². The first-order valence-electron chi connectivity index (χ1n) is 7.53. The van der Waals surface area contributed by atoms with Gasteiger partial charge in [-0.1, -0.05) is 48.5 Å². The fourth-order valence-electron chi connectivity index (χ4n) is 2.39.